The van der Waals surface area contributed by atoms with E-state index in [9.17, 15) is 22.4 Å². The highest BCUT2D eigenvalue weighted by Gasteiger charge is 2.32. The van der Waals surface area contributed by atoms with Gasteiger partial charge in [-0.05, 0) is 80.4 Å². The SMILES string of the molecule is CCOCc1ccc(C2CCC(C(=O)Oc3ccc(C4CCC(C)CC4)c(F)c3F)CC2)c(F)c1F. The molecule has 4 rings (SSSR count). The Hall–Kier alpha value is -2.41. The van der Waals surface area contributed by atoms with Crippen LogP contribution >= 0.6 is 0 Å². The molecule has 0 aromatic heterocycles. The summed E-state index contributed by atoms with van der Waals surface area (Å²) in [6, 6.07) is 6.00. The van der Waals surface area contributed by atoms with E-state index < -0.39 is 40.9 Å². The molecule has 3 nitrogen and oxygen atoms in total. The third-order valence-electron chi connectivity index (χ3n) is 7.90. The number of esters is 1. The van der Waals surface area contributed by atoms with Crippen molar-refractivity contribution in [3.8, 4) is 5.75 Å². The molecule has 7 heteroatoms. The van der Waals surface area contributed by atoms with Gasteiger partial charge in [-0.3, -0.25) is 4.79 Å². The van der Waals surface area contributed by atoms with Crippen molar-refractivity contribution in [1.82, 2.24) is 0 Å². The van der Waals surface area contributed by atoms with E-state index in [-0.39, 0.29) is 24.0 Å². The molecule has 36 heavy (non-hydrogen) atoms. The molecule has 0 atom stereocenters. The summed E-state index contributed by atoms with van der Waals surface area (Å²) in [7, 11) is 0. The van der Waals surface area contributed by atoms with Gasteiger partial charge >= 0.3 is 5.97 Å². The summed E-state index contributed by atoms with van der Waals surface area (Å²) in [5.74, 6) is -5.00. The minimum absolute atomic E-state index is 0.0100. The van der Waals surface area contributed by atoms with Crippen molar-refractivity contribution in [3.05, 3.63) is 64.2 Å². The molecule has 0 N–H and O–H groups in total. The van der Waals surface area contributed by atoms with Gasteiger partial charge in [-0.25, -0.2) is 13.2 Å². The largest absolute Gasteiger partial charge is 0.423 e. The van der Waals surface area contributed by atoms with Gasteiger partial charge in [0.15, 0.2) is 23.2 Å². The van der Waals surface area contributed by atoms with E-state index in [1.54, 1.807) is 19.1 Å². The van der Waals surface area contributed by atoms with E-state index in [1.807, 2.05) is 0 Å². The molecule has 2 aliphatic rings. The molecule has 0 aliphatic heterocycles. The zero-order valence-electron chi connectivity index (χ0n) is 20.9. The maximum atomic E-state index is 14.8. The standard InChI is InChI=1S/C29H34F4O3/c1-3-35-16-21-12-13-22(26(31)25(21)30)19-8-10-20(11-9-19)29(34)36-24-15-14-23(27(32)28(24)33)18-6-4-17(2)5-7-18/h12-15,17-20H,3-11,16H2,1-2H3. The Balaban J connectivity index is 1.36. The van der Waals surface area contributed by atoms with Crippen LogP contribution in [0.1, 0.15) is 93.7 Å². The molecular formula is C29H34F4O3. The lowest BCUT2D eigenvalue weighted by Crippen LogP contribution is -2.26. The van der Waals surface area contributed by atoms with Crippen molar-refractivity contribution in [2.75, 3.05) is 6.61 Å². The summed E-state index contributed by atoms with van der Waals surface area (Å²) in [5.41, 5.74) is 0.815. The average molecular weight is 507 g/mol. The number of carbonyl (C=O) groups excluding carboxylic acids is 1. The van der Waals surface area contributed by atoms with E-state index in [0.29, 0.717) is 49.3 Å². The maximum Gasteiger partial charge on any atom is 0.314 e. The summed E-state index contributed by atoms with van der Waals surface area (Å²) in [6.07, 6.45) is 5.34. The molecule has 0 heterocycles. The number of ether oxygens (including phenoxy) is 2. The Morgan fingerprint density at radius 2 is 1.33 bits per heavy atom. The fourth-order valence-corrected chi connectivity index (χ4v) is 5.59. The van der Waals surface area contributed by atoms with Crippen LogP contribution in [0.25, 0.3) is 0 Å². The molecule has 2 aromatic rings. The summed E-state index contributed by atoms with van der Waals surface area (Å²) < 4.78 is 69.1. The lowest BCUT2D eigenvalue weighted by molar-refractivity contribution is -0.140. The van der Waals surface area contributed by atoms with Gasteiger partial charge in [0.05, 0.1) is 12.5 Å². The van der Waals surface area contributed by atoms with E-state index in [0.717, 1.165) is 25.7 Å². The van der Waals surface area contributed by atoms with Crippen LogP contribution in [-0.4, -0.2) is 12.6 Å². The third kappa shape index (κ3) is 5.77. The van der Waals surface area contributed by atoms with Crippen LogP contribution in [0.4, 0.5) is 17.6 Å². The fraction of sp³-hybridized carbons (Fsp3) is 0.552. The van der Waals surface area contributed by atoms with Gasteiger partial charge in [0, 0.05) is 12.2 Å². The summed E-state index contributed by atoms with van der Waals surface area (Å²) >= 11 is 0. The van der Waals surface area contributed by atoms with Gasteiger partial charge in [0.1, 0.15) is 0 Å². The third-order valence-corrected chi connectivity index (χ3v) is 7.90. The van der Waals surface area contributed by atoms with Gasteiger partial charge < -0.3 is 9.47 Å². The quantitative estimate of drug-likeness (QED) is 0.217. The predicted molar refractivity (Wildman–Crippen MR) is 129 cm³/mol. The fourth-order valence-electron chi connectivity index (χ4n) is 5.59. The first-order valence-corrected chi connectivity index (χ1v) is 13.0. The highest BCUT2D eigenvalue weighted by atomic mass is 19.2. The smallest absolute Gasteiger partial charge is 0.314 e. The first-order valence-electron chi connectivity index (χ1n) is 13.0. The number of benzene rings is 2. The Bertz CT molecular complexity index is 1070. The van der Waals surface area contributed by atoms with Gasteiger partial charge in [0.2, 0.25) is 5.82 Å². The van der Waals surface area contributed by atoms with Crippen molar-refractivity contribution in [2.24, 2.45) is 11.8 Å². The Morgan fingerprint density at radius 1 is 0.778 bits per heavy atom. The summed E-state index contributed by atoms with van der Waals surface area (Å²) in [5, 5.41) is 0. The van der Waals surface area contributed by atoms with E-state index >= 15 is 0 Å². The average Bonchev–Trinajstić information content (AvgIpc) is 2.88. The molecule has 2 aliphatic carbocycles. The van der Waals surface area contributed by atoms with E-state index in [4.69, 9.17) is 9.47 Å². The molecule has 2 aromatic carbocycles. The Morgan fingerprint density at radius 3 is 1.94 bits per heavy atom. The van der Waals surface area contributed by atoms with Crippen LogP contribution in [0.3, 0.4) is 0 Å². The number of hydrogen-bond donors (Lipinski definition) is 0. The topological polar surface area (TPSA) is 35.5 Å². The van der Waals surface area contributed by atoms with Gasteiger partial charge in [0.25, 0.3) is 0 Å². The lowest BCUT2D eigenvalue weighted by Gasteiger charge is -2.28. The monoisotopic (exact) mass is 506 g/mol. The summed E-state index contributed by atoms with van der Waals surface area (Å²) in [6.45, 7) is 4.36. The highest BCUT2D eigenvalue weighted by Crippen LogP contribution is 2.40. The normalized spacial score (nSPS) is 24.5. The molecule has 2 saturated carbocycles. The van der Waals surface area contributed by atoms with Gasteiger partial charge in [-0.2, -0.15) is 4.39 Å². The van der Waals surface area contributed by atoms with Crippen LogP contribution < -0.4 is 4.74 Å². The molecule has 0 unspecified atom stereocenters. The van der Waals surface area contributed by atoms with Crippen molar-refractivity contribution >= 4 is 5.97 Å². The Kier molecular flexibility index (Phi) is 8.70. The molecular weight excluding hydrogens is 472 g/mol. The molecule has 0 radical (unpaired) electrons. The predicted octanol–water partition coefficient (Wildman–Crippen LogP) is 7.95. The second-order valence-corrected chi connectivity index (χ2v) is 10.3. The van der Waals surface area contributed by atoms with Crippen molar-refractivity contribution in [2.45, 2.75) is 83.7 Å². The van der Waals surface area contributed by atoms with Crippen molar-refractivity contribution in [3.63, 3.8) is 0 Å². The van der Waals surface area contributed by atoms with Crippen molar-refractivity contribution < 1.29 is 31.8 Å². The van der Waals surface area contributed by atoms with Crippen LogP contribution in [0.15, 0.2) is 24.3 Å². The maximum absolute atomic E-state index is 14.8. The molecule has 0 saturated heterocycles. The highest BCUT2D eigenvalue weighted by molar-refractivity contribution is 5.75. The van der Waals surface area contributed by atoms with Gasteiger partial charge in [-0.15, -0.1) is 0 Å². The first-order chi connectivity index (χ1) is 17.3. The summed E-state index contributed by atoms with van der Waals surface area (Å²) in [4.78, 5) is 12.7. The zero-order valence-corrected chi connectivity index (χ0v) is 20.9. The first kappa shape index (κ1) is 26.6. The van der Waals surface area contributed by atoms with E-state index in [1.165, 1.54) is 12.1 Å². The van der Waals surface area contributed by atoms with Crippen molar-refractivity contribution in [1.29, 1.82) is 0 Å². The van der Waals surface area contributed by atoms with Crippen LogP contribution in [0, 0.1) is 35.1 Å². The van der Waals surface area contributed by atoms with Crippen LogP contribution in [0.5, 0.6) is 5.75 Å². The molecule has 0 bridgehead atoms. The number of carbonyl (C=O) groups is 1. The Labute approximate surface area is 210 Å². The van der Waals surface area contributed by atoms with E-state index in [2.05, 4.69) is 6.92 Å². The zero-order chi connectivity index (χ0) is 25.8. The number of hydrogen-bond acceptors (Lipinski definition) is 3. The number of halogens is 4. The molecule has 196 valence electrons. The van der Waals surface area contributed by atoms with Crippen LogP contribution in [0.2, 0.25) is 0 Å². The van der Waals surface area contributed by atoms with Gasteiger partial charge in [-0.1, -0.05) is 38.0 Å². The molecule has 2 fully saturated rings. The second-order valence-electron chi connectivity index (χ2n) is 10.3. The number of rotatable bonds is 7. The molecule has 0 spiro atoms. The molecule has 0 amide bonds. The lowest BCUT2D eigenvalue weighted by atomic mass is 9.78. The second kappa shape index (κ2) is 11.8. The minimum Gasteiger partial charge on any atom is -0.423 e. The van der Waals surface area contributed by atoms with Crippen LogP contribution in [-0.2, 0) is 16.1 Å². The minimum atomic E-state index is -1.13.